The van der Waals surface area contributed by atoms with Crippen molar-refractivity contribution in [1.29, 1.82) is 0 Å². The minimum Gasteiger partial charge on any atom is -0.466 e. The van der Waals surface area contributed by atoms with E-state index in [1.54, 1.807) is 16.8 Å². The molecule has 23 heavy (non-hydrogen) atoms. The van der Waals surface area contributed by atoms with Crippen LogP contribution in [-0.2, 0) is 9.53 Å². The monoisotopic (exact) mass is 352 g/mol. The van der Waals surface area contributed by atoms with Crippen LogP contribution < -0.4 is 5.32 Å². The number of nitrogens with one attached hydrogen (secondary N) is 1. The number of nitrogens with zero attached hydrogens (tertiary/aromatic N) is 3. The van der Waals surface area contributed by atoms with Crippen LogP contribution in [0, 0.1) is 0 Å². The van der Waals surface area contributed by atoms with Gasteiger partial charge in [-0.1, -0.05) is 42.3 Å². The number of carbonyl (C=O) groups excluding carboxylic acids is 1. The molecule has 0 bridgehead atoms. The molecular weight excluding hydrogens is 339 g/mol. The lowest BCUT2D eigenvalue weighted by Crippen LogP contribution is -2.30. The lowest BCUT2D eigenvalue weighted by molar-refractivity contribution is -0.136. The summed E-state index contributed by atoms with van der Waals surface area (Å²) in [7, 11) is 1.34. The highest BCUT2D eigenvalue weighted by molar-refractivity contribution is 6.42. The van der Waals surface area contributed by atoms with Gasteiger partial charge in [-0.15, -0.1) is 0 Å². The van der Waals surface area contributed by atoms with Crippen LogP contribution in [0.5, 0.6) is 0 Å². The summed E-state index contributed by atoms with van der Waals surface area (Å²) in [5.74, 6) is 0.0899. The van der Waals surface area contributed by atoms with Gasteiger partial charge in [0.1, 0.15) is 12.4 Å². The zero-order valence-electron chi connectivity index (χ0n) is 12.5. The maximum atomic E-state index is 12.4. The summed E-state index contributed by atoms with van der Waals surface area (Å²) >= 11 is 12.5. The Hall–Kier alpha value is -2.05. The van der Waals surface area contributed by atoms with Crippen molar-refractivity contribution in [2.24, 2.45) is 0 Å². The molecule has 2 heterocycles. The van der Waals surface area contributed by atoms with E-state index in [-0.39, 0.29) is 0 Å². The van der Waals surface area contributed by atoms with Crippen molar-refractivity contribution in [2.45, 2.75) is 19.4 Å². The Morgan fingerprint density at radius 1 is 1.43 bits per heavy atom. The number of methoxy groups -OCH3 is 1. The Morgan fingerprint density at radius 3 is 2.91 bits per heavy atom. The van der Waals surface area contributed by atoms with Crippen LogP contribution in [0.4, 0.5) is 5.95 Å². The van der Waals surface area contributed by atoms with Gasteiger partial charge in [-0.3, -0.25) is 0 Å². The molecule has 2 aromatic rings. The molecule has 0 aliphatic carbocycles. The van der Waals surface area contributed by atoms with E-state index in [0.717, 1.165) is 5.70 Å². The topological polar surface area (TPSA) is 69.0 Å². The van der Waals surface area contributed by atoms with E-state index in [0.29, 0.717) is 33.6 Å². The van der Waals surface area contributed by atoms with E-state index in [4.69, 9.17) is 27.9 Å². The number of anilines is 1. The van der Waals surface area contributed by atoms with Crippen LogP contribution in [0.3, 0.4) is 0 Å². The summed E-state index contributed by atoms with van der Waals surface area (Å²) in [5.41, 5.74) is 1.83. The van der Waals surface area contributed by atoms with Gasteiger partial charge in [-0.05, 0) is 12.5 Å². The standard InChI is InChI=1S/C15H14Cl2N4O2/c1-3-10-11(14(22)23-2)13(21-15(20-10)18-7-19-21)8-5-4-6-9(16)12(8)17/h4-7,13H,3H2,1-2H3,(H,18,19,20)/t13-/m1/s1. The van der Waals surface area contributed by atoms with E-state index >= 15 is 0 Å². The molecule has 6 nitrogen and oxygen atoms in total. The second-order valence-electron chi connectivity index (χ2n) is 4.94. The molecule has 0 saturated carbocycles. The van der Waals surface area contributed by atoms with Crippen molar-refractivity contribution in [3.05, 3.63) is 51.4 Å². The Morgan fingerprint density at radius 2 is 2.22 bits per heavy atom. The number of allylic oxidation sites excluding steroid dienone is 1. The van der Waals surface area contributed by atoms with Gasteiger partial charge in [-0.25, -0.2) is 9.48 Å². The number of aromatic nitrogens is 3. The first-order valence-electron chi connectivity index (χ1n) is 7.00. The molecule has 8 heteroatoms. The number of carbonyl (C=O) groups is 1. The normalized spacial score (nSPS) is 16.8. The van der Waals surface area contributed by atoms with Gasteiger partial charge < -0.3 is 10.1 Å². The molecular formula is C15H14Cl2N4O2. The molecule has 0 fully saturated rings. The van der Waals surface area contributed by atoms with E-state index < -0.39 is 12.0 Å². The molecule has 1 N–H and O–H groups in total. The van der Waals surface area contributed by atoms with Gasteiger partial charge in [0.15, 0.2) is 0 Å². The third-order valence-electron chi connectivity index (χ3n) is 3.71. The molecule has 1 aromatic heterocycles. The summed E-state index contributed by atoms with van der Waals surface area (Å²) < 4.78 is 6.56. The largest absolute Gasteiger partial charge is 0.466 e. The average molecular weight is 353 g/mol. The van der Waals surface area contributed by atoms with Crippen molar-refractivity contribution >= 4 is 35.1 Å². The lowest BCUT2D eigenvalue weighted by Gasteiger charge is -2.29. The van der Waals surface area contributed by atoms with Crippen molar-refractivity contribution in [3.8, 4) is 0 Å². The predicted molar refractivity (Wildman–Crippen MR) is 87.6 cm³/mol. The first-order chi connectivity index (χ1) is 11.1. The van der Waals surface area contributed by atoms with E-state index in [1.165, 1.54) is 13.4 Å². The third-order valence-corrected chi connectivity index (χ3v) is 4.55. The van der Waals surface area contributed by atoms with E-state index in [9.17, 15) is 4.79 Å². The van der Waals surface area contributed by atoms with Gasteiger partial charge in [0, 0.05) is 11.3 Å². The second kappa shape index (κ2) is 6.22. The number of benzene rings is 1. The maximum Gasteiger partial charge on any atom is 0.338 e. The number of ether oxygens (including phenoxy) is 1. The first-order valence-corrected chi connectivity index (χ1v) is 7.75. The lowest BCUT2D eigenvalue weighted by atomic mass is 9.94. The first kappa shape index (κ1) is 15.8. The van der Waals surface area contributed by atoms with Gasteiger partial charge in [0.25, 0.3) is 0 Å². The van der Waals surface area contributed by atoms with Gasteiger partial charge in [-0.2, -0.15) is 10.1 Å². The Kier molecular flexibility index (Phi) is 4.28. The highest BCUT2D eigenvalue weighted by atomic mass is 35.5. The summed E-state index contributed by atoms with van der Waals surface area (Å²) in [4.78, 5) is 16.6. The quantitative estimate of drug-likeness (QED) is 0.856. The fourth-order valence-electron chi connectivity index (χ4n) is 2.66. The van der Waals surface area contributed by atoms with E-state index in [1.807, 2.05) is 13.0 Å². The van der Waals surface area contributed by atoms with E-state index in [2.05, 4.69) is 15.4 Å². The van der Waals surface area contributed by atoms with Gasteiger partial charge >= 0.3 is 5.97 Å². The molecule has 0 saturated heterocycles. The molecule has 0 amide bonds. The highest BCUT2D eigenvalue weighted by Crippen LogP contribution is 2.40. The van der Waals surface area contributed by atoms with Crippen molar-refractivity contribution < 1.29 is 9.53 Å². The number of hydrogen-bond donors (Lipinski definition) is 1. The Labute approximate surface area is 143 Å². The molecule has 3 rings (SSSR count). The van der Waals surface area contributed by atoms with Crippen molar-refractivity contribution in [2.75, 3.05) is 12.4 Å². The molecule has 0 radical (unpaired) electrons. The molecule has 1 atom stereocenters. The number of hydrogen-bond acceptors (Lipinski definition) is 5. The van der Waals surface area contributed by atoms with Gasteiger partial charge in [0.05, 0.1) is 22.7 Å². The van der Waals surface area contributed by atoms with Crippen LogP contribution in [0.1, 0.15) is 24.9 Å². The summed E-state index contributed by atoms with van der Waals surface area (Å²) in [6.07, 6.45) is 2.02. The Balaban J connectivity index is 2.27. The molecule has 1 aromatic carbocycles. The summed E-state index contributed by atoms with van der Waals surface area (Å²) in [5, 5.41) is 8.12. The summed E-state index contributed by atoms with van der Waals surface area (Å²) in [6, 6.07) is 4.73. The number of esters is 1. The SMILES string of the molecule is CCC1=C(C(=O)OC)[C@@H](c2cccc(Cl)c2Cl)n2ncnc2N1. The van der Waals surface area contributed by atoms with Crippen LogP contribution in [-0.4, -0.2) is 27.8 Å². The smallest absolute Gasteiger partial charge is 0.338 e. The minimum absolute atomic E-state index is 0.374. The zero-order valence-corrected chi connectivity index (χ0v) is 14.0. The zero-order chi connectivity index (χ0) is 16.6. The van der Waals surface area contributed by atoms with Crippen LogP contribution in [0.15, 0.2) is 35.8 Å². The number of fused-ring (bicyclic) bond motifs is 1. The highest BCUT2D eigenvalue weighted by Gasteiger charge is 2.36. The maximum absolute atomic E-state index is 12.4. The molecule has 0 unspecified atom stereocenters. The molecule has 0 spiro atoms. The average Bonchev–Trinajstić information content (AvgIpc) is 3.03. The third kappa shape index (κ3) is 2.58. The summed E-state index contributed by atoms with van der Waals surface area (Å²) in [6.45, 7) is 1.94. The Bertz CT molecular complexity index is 801. The fourth-order valence-corrected chi connectivity index (χ4v) is 3.07. The molecule has 1 aliphatic heterocycles. The van der Waals surface area contributed by atoms with Crippen LogP contribution in [0.2, 0.25) is 10.0 Å². The van der Waals surface area contributed by atoms with Crippen LogP contribution in [0.25, 0.3) is 0 Å². The van der Waals surface area contributed by atoms with Gasteiger partial charge in [0.2, 0.25) is 5.95 Å². The minimum atomic E-state index is -0.553. The van der Waals surface area contributed by atoms with Crippen LogP contribution >= 0.6 is 23.2 Å². The molecule has 1 aliphatic rings. The number of halogens is 2. The predicted octanol–water partition coefficient (Wildman–Crippen LogP) is 3.44. The second-order valence-corrected chi connectivity index (χ2v) is 5.72. The number of rotatable bonds is 3. The molecule has 120 valence electrons. The van der Waals surface area contributed by atoms with Crippen molar-refractivity contribution in [3.63, 3.8) is 0 Å². The fraction of sp³-hybridized carbons (Fsp3) is 0.267. The van der Waals surface area contributed by atoms with Crippen molar-refractivity contribution in [1.82, 2.24) is 14.8 Å².